The van der Waals surface area contributed by atoms with Gasteiger partial charge in [-0.15, -0.1) is 11.3 Å². The summed E-state index contributed by atoms with van der Waals surface area (Å²) in [4.78, 5) is 31.1. The van der Waals surface area contributed by atoms with Gasteiger partial charge in [-0.25, -0.2) is 4.79 Å². The second kappa shape index (κ2) is 6.27. The predicted octanol–water partition coefficient (Wildman–Crippen LogP) is 2.06. The van der Waals surface area contributed by atoms with Gasteiger partial charge in [0.25, 0.3) is 0 Å². The molecule has 2 aromatic heterocycles. The maximum Gasteiger partial charge on any atom is 0.339 e. The lowest BCUT2D eigenvalue weighted by atomic mass is 9.97. The fraction of sp³-hybridized carbons (Fsp3) is 0.312. The SMILES string of the molecule is COC(=O)c1cncc2c1CCN(C(=O)Cc1cccs1)C2. The van der Waals surface area contributed by atoms with Crippen LogP contribution in [0.4, 0.5) is 0 Å². The Bertz CT molecular complexity index is 697. The molecule has 0 saturated carbocycles. The highest BCUT2D eigenvalue weighted by Gasteiger charge is 2.25. The molecule has 0 unspecified atom stereocenters. The van der Waals surface area contributed by atoms with Crippen molar-refractivity contribution in [3.8, 4) is 0 Å². The Labute approximate surface area is 132 Å². The Balaban J connectivity index is 1.77. The first kappa shape index (κ1) is 14.7. The van der Waals surface area contributed by atoms with Crippen molar-refractivity contribution in [1.82, 2.24) is 9.88 Å². The molecule has 6 heteroatoms. The van der Waals surface area contributed by atoms with E-state index in [9.17, 15) is 9.59 Å². The van der Waals surface area contributed by atoms with Crippen LogP contribution in [0.3, 0.4) is 0 Å². The minimum atomic E-state index is -0.372. The van der Waals surface area contributed by atoms with Crippen LogP contribution in [0.25, 0.3) is 0 Å². The predicted molar refractivity (Wildman–Crippen MR) is 82.7 cm³/mol. The van der Waals surface area contributed by atoms with Crippen molar-refractivity contribution in [2.24, 2.45) is 0 Å². The van der Waals surface area contributed by atoms with Crippen molar-refractivity contribution in [2.45, 2.75) is 19.4 Å². The van der Waals surface area contributed by atoms with Gasteiger partial charge in [0.05, 0.1) is 19.1 Å². The Morgan fingerprint density at radius 1 is 1.41 bits per heavy atom. The summed E-state index contributed by atoms with van der Waals surface area (Å²) in [7, 11) is 1.36. The molecule has 0 bridgehead atoms. The fourth-order valence-corrected chi connectivity index (χ4v) is 3.36. The third-order valence-corrected chi connectivity index (χ3v) is 4.68. The monoisotopic (exact) mass is 316 g/mol. The van der Waals surface area contributed by atoms with Gasteiger partial charge in [0.2, 0.25) is 5.91 Å². The van der Waals surface area contributed by atoms with Crippen LogP contribution in [0.1, 0.15) is 26.4 Å². The van der Waals surface area contributed by atoms with E-state index in [1.54, 1.807) is 17.5 Å². The largest absolute Gasteiger partial charge is 0.465 e. The number of hydrogen-bond acceptors (Lipinski definition) is 5. The normalized spacial score (nSPS) is 13.6. The van der Waals surface area contributed by atoms with Crippen molar-refractivity contribution in [2.75, 3.05) is 13.7 Å². The molecule has 1 aliphatic heterocycles. The van der Waals surface area contributed by atoms with Crippen LogP contribution in [0.2, 0.25) is 0 Å². The highest BCUT2D eigenvalue weighted by Crippen LogP contribution is 2.23. The van der Waals surface area contributed by atoms with E-state index in [0.717, 1.165) is 16.0 Å². The number of ether oxygens (including phenoxy) is 1. The molecule has 1 aliphatic rings. The van der Waals surface area contributed by atoms with Crippen LogP contribution >= 0.6 is 11.3 Å². The number of aromatic nitrogens is 1. The van der Waals surface area contributed by atoms with Crippen molar-refractivity contribution in [1.29, 1.82) is 0 Å². The lowest BCUT2D eigenvalue weighted by molar-refractivity contribution is -0.131. The van der Waals surface area contributed by atoms with Gasteiger partial charge in [-0.2, -0.15) is 0 Å². The molecule has 2 aromatic rings. The van der Waals surface area contributed by atoms with Gasteiger partial charge >= 0.3 is 5.97 Å². The smallest absolute Gasteiger partial charge is 0.339 e. The van der Waals surface area contributed by atoms with Gasteiger partial charge in [0.15, 0.2) is 0 Å². The third-order valence-electron chi connectivity index (χ3n) is 3.80. The molecular weight excluding hydrogens is 300 g/mol. The van der Waals surface area contributed by atoms with Gasteiger partial charge < -0.3 is 9.64 Å². The lowest BCUT2D eigenvalue weighted by Gasteiger charge is -2.29. The lowest BCUT2D eigenvalue weighted by Crippen LogP contribution is -2.37. The Morgan fingerprint density at radius 3 is 3.00 bits per heavy atom. The molecule has 3 heterocycles. The maximum absolute atomic E-state index is 12.4. The van der Waals surface area contributed by atoms with Crippen molar-refractivity contribution in [3.05, 3.63) is 51.5 Å². The molecule has 5 nitrogen and oxygen atoms in total. The summed E-state index contributed by atoms with van der Waals surface area (Å²) in [6.45, 7) is 1.11. The molecule has 0 radical (unpaired) electrons. The number of amides is 1. The summed E-state index contributed by atoms with van der Waals surface area (Å²) in [5.41, 5.74) is 2.38. The standard InChI is InChI=1S/C16H16N2O3S/c1-21-16(20)14-9-17-8-11-10-18(5-4-13(11)14)15(19)7-12-3-2-6-22-12/h2-3,6,8-9H,4-5,7,10H2,1H3. The summed E-state index contributed by atoms with van der Waals surface area (Å²) >= 11 is 1.59. The number of thiophene rings is 1. The van der Waals surface area contributed by atoms with Gasteiger partial charge in [-0.3, -0.25) is 9.78 Å². The van der Waals surface area contributed by atoms with Crippen molar-refractivity contribution >= 4 is 23.2 Å². The van der Waals surface area contributed by atoms with Gasteiger partial charge in [-0.1, -0.05) is 6.07 Å². The number of nitrogens with zero attached hydrogens (tertiary/aromatic N) is 2. The molecule has 0 aliphatic carbocycles. The first-order valence-electron chi connectivity index (χ1n) is 7.03. The number of pyridine rings is 1. The van der Waals surface area contributed by atoms with E-state index in [-0.39, 0.29) is 11.9 Å². The Kier molecular flexibility index (Phi) is 4.20. The minimum absolute atomic E-state index is 0.108. The molecular formula is C16H16N2O3S. The molecule has 1 amide bonds. The zero-order valence-electron chi connectivity index (χ0n) is 12.2. The molecule has 3 rings (SSSR count). The summed E-state index contributed by atoms with van der Waals surface area (Å²) in [6, 6.07) is 3.92. The molecule has 0 saturated heterocycles. The van der Waals surface area contributed by atoms with Crippen LogP contribution in [0, 0.1) is 0 Å². The van der Waals surface area contributed by atoms with E-state index in [4.69, 9.17) is 4.74 Å². The van der Waals surface area contributed by atoms with Crippen LogP contribution in [0.5, 0.6) is 0 Å². The quantitative estimate of drug-likeness (QED) is 0.813. The van der Waals surface area contributed by atoms with E-state index >= 15 is 0 Å². The van der Waals surface area contributed by atoms with E-state index in [1.807, 2.05) is 22.4 Å². The minimum Gasteiger partial charge on any atom is -0.465 e. The Morgan fingerprint density at radius 2 is 2.27 bits per heavy atom. The summed E-state index contributed by atoms with van der Waals surface area (Å²) in [6.07, 6.45) is 4.34. The van der Waals surface area contributed by atoms with E-state index in [2.05, 4.69) is 4.98 Å². The number of carbonyl (C=O) groups excluding carboxylic acids is 2. The first-order chi connectivity index (χ1) is 10.7. The molecule has 0 spiro atoms. The maximum atomic E-state index is 12.4. The number of carbonyl (C=O) groups is 2. The van der Waals surface area contributed by atoms with Crippen LogP contribution < -0.4 is 0 Å². The first-order valence-corrected chi connectivity index (χ1v) is 7.91. The van der Waals surface area contributed by atoms with Gasteiger partial charge in [-0.05, 0) is 29.0 Å². The molecule has 0 aromatic carbocycles. The van der Waals surface area contributed by atoms with Gasteiger partial charge in [0, 0.05) is 30.4 Å². The summed E-state index contributed by atoms with van der Waals surface area (Å²) < 4.78 is 4.79. The number of hydrogen-bond donors (Lipinski definition) is 0. The van der Waals surface area contributed by atoms with E-state index in [1.165, 1.54) is 13.3 Å². The second-order valence-electron chi connectivity index (χ2n) is 5.14. The van der Waals surface area contributed by atoms with Crippen LogP contribution in [0.15, 0.2) is 29.9 Å². The van der Waals surface area contributed by atoms with Gasteiger partial charge in [0.1, 0.15) is 0 Å². The average molecular weight is 316 g/mol. The Hall–Kier alpha value is -2.21. The number of esters is 1. The third kappa shape index (κ3) is 2.87. The number of fused-ring (bicyclic) bond motifs is 1. The molecule has 114 valence electrons. The highest BCUT2D eigenvalue weighted by atomic mass is 32.1. The highest BCUT2D eigenvalue weighted by molar-refractivity contribution is 7.10. The number of methoxy groups -OCH3 is 1. The molecule has 22 heavy (non-hydrogen) atoms. The summed E-state index contributed by atoms with van der Waals surface area (Å²) in [5.74, 6) is -0.265. The zero-order chi connectivity index (χ0) is 15.5. The fourth-order valence-electron chi connectivity index (χ4n) is 2.67. The molecule has 0 fully saturated rings. The second-order valence-corrected chi connectivity index (χ2v) is 6.17. The number of rotatable bonds is 3. The zero-order valence-corrected chi connectivity index (χ0v) is 13.1. The summed E-state index contributed by atoms with van der Waals surface area (Å²) in [5, 5.41) is 1.97. The van der Waals surface area contributed by atoms with Crippen LogP contribution in [-0.2, 0) is 28.9 Å². The van der Waals surface area contributed by atoms with E-state index < -0.39 is 0 Å². The van der Waals surface area contributed by atoms with Crippen LogP contribution in [-0.4, -0.2) is 35.4 Å². The van der Waals surface area contributed by atoms with E-state index in [0.29, 0.717) is 31.5 Å². The van der Waals surface area contributed by atoms with Crippen molar-refractivity contribution in [3.63, 3.8) is 0 Å². The topological polar surface area (TPSA) is 59.5 Å². The molecule has 0 N–H and O–H groups in total. The van der Waals surface area contributed by atoms with Crippen molar-refractivity contribution < 1.29 is 14.3 Å². The average Bonchev–Trinajstić information content (AvgIpc) is 3.06. The molecule has 0 atom stereocenters.